The molecule has 2 heteroatoms. The molecule has 0 saturated carbocycles. The molecule has 0 bridgehead atoms. The van der Waals surface area contributed by atoms with Gasteiger partial charge in [0.25, 0.3) is 0 Å². The molecule has 1 aromatic carbocycles. The van der Waals surface area contributed by atoms with E-state index in [9.17, 15) is 0 Å². The fourth-order valence-electron chi connectivity index (χ4n) is 1.30. The van der Waals surface area contributed by atoms with Gasteiger partial charge in [0.1, 0.15) is 7.05 Å². The molecule has 2 aromatic rings. The van der Waals surface area contributed by atoms with Crippen molar-refractivity contribution >= 4 is 26.7 Å². The first-order chi connectivity index (χ1) is 5.77. The van der Waals surface area contributed by atoms with E-state index in [-0.39, 0.29) is 0 Å². The summed E-state index contributed by atoms with van der Waals surface area (Å²) < 4.78 is 3.20. The topological polar surface area (TPSA) is 3.88 Å². The summed E-state index contributed by atoms with van der Waals surface area (Å²) in [6, 6.07) is 8.33. The van der Waals surface area contributed by atoms with Crippen LogP contribution in [0.3, 0.4) is 0 Å². The first-order valence-electron chi connectivity index (χ1n) is 3.81. The van der Waals surface area contributed by atoms with Crippen LogP contribution < -0.4 is 4.57 Å². The van der Waals surface area contributed by atoms with E-state index in [4.69, 9.17) is 0 Å². The lowest BCUT2D eigenvalue weighted by Crippen LogP contribution is -2.25. The molecule has 0 aliphatic carbocycles. The molecule has 0 radical (unpaired) electrons. The van der Waals surface area contributed by atoms with Gasteiger partial charge >= 0.3 is 0 Å². The van der Waals surface area contributed by atoms with Crippen molar-refractivity contribution in [3.8, 4) is 0 Å². The molecule has 0 saturated heterocycles. The summed E-state index contributed by atoms with van der Waals surface area (Å²) in [6.45, 7) is 0. The van der Waals surface area contributed by atoms with E-state index in [1.165, 1.54) is 10.8 Å². The zero-order valence-corrected chi connectivity index (χ0v) is 8.38. The van der Waals surface area contributed by atoms with Gasteiger partial charge in [0.05, 0.1) is 0 Å². The van der Waals surface area contributed by atoms with Crippen molar-refractivity contribution in [2.24, 2.45) is 7.05 Å². The van der Waals surface area contributed by atoms with Gasteiger partial charge in [-0.2, -0.15) is 0 Å². The number of aryl methyl sites for hydroxylation is 1. The van der Waals surface area contributed by atoms with Gasteiger partial charge in [-0.05, 0) is 12.1 Å². The van der Waals surface area contributed by atoms with E-state index >= 15 is 0 Å². The maximum atomic E-state index is 3.51. The summed E-state index contributed by atoms with van der Waals surface area (Å²) in [6.07, 6.45) is 4.16. The summed E-state index contributed by atoms with van der Waals surface area (Å²) >= 11 is 3.51. The van der Waals surface area contributed by atoms with Gasteiger partial charge in [-0.3, -0.25) is 0 Å². The van der Waals surface area contributed by atoms with Crippen molar-refractivity contribution in [3.63, 3.8) is 0 Å². The second-order valence-corrected chi connectivity index (χ2v) is 3.71. The van der Waals surface area contributed by atoms with E-state index in [2.05, 4.69) is 44.9 Å². The summed E-state index contributed by atoms with van der Waals surface area (Å²) in [7, 11) is 2.03. The Morgan fingerprint density at radius 3 is 2.92 bits per heavy atom. The SMILES string of the molecule is C[n+]1ccc2c(Br)cccc2c1. The number of hydrogen-bond donors (Lipinski definition) is 0. The maximum absolute atomic E-state index is 3.51. The fourth-order valence-corrected chi connectivity index (χ4v) is 1.81. The number of benzene rings is 1. The molecule has 0 atom stereocenters. The van der Waals surface area contributed by atoms with Gasteiger partial charge in [0.15, 0.2) is 12.4 Å². The molecule has 0 aliphatic rings. The summed E-state index contributed by atoms with van der Waals surface area (Å²) in [4.78, 5) is 0. The highest BCUT2D eigenvalue weighted by atomic mass is 79.9. The molecule has 1 nitrogen and oxygen atoms in total. The van der Waals surface area contributed by atoms with Gasteiger partial charge in [-0.1, -0.05) is 22.0 Å². The van der Waals surface area contributed by atoms with Gasteiger partial charge < -0.3 is 0 Å². The highest BCUT2D eigenvalue weighted by Gasteiger charge is 2.00. The van der Waals surface area contributed by atoms with E-state index < -0.39 is 0 Å². The average Bonchev–Trinajstić information content (AvgIpc) is 2.04. The van der Waals surface area contributed by atoms with Crippen LogP contribution in [0.15, 0.2) is 41.1 Å². The van der Waals surface area contributed by atoms with Crippen molar-refractivity contribution in [2.75, 3.05) is 0 Å². The highest BCUT2D eigenvalue weighted by molar-refractivity contribution is 9.10. The Bertz CT molecular complexity index is 423. The Morgan fingerprint density at radius 2 is 2.08 bits per heavy atom. The minimum atomic E-state index is 1.15. The number of hydrogen-bond acceptors (Lipinski definition) is 0. The minimum Gasteiger partial charge on any atom is -0.207 e. The first-order valence-corrected chi connectivity index (χ1v) is 4.60. The predicted molar refractivity (Wildman–Crippen MR) is 52.8 cm³/mol. The number of aromatic nitrogens is 1. The quantitative estimate of drug-likeness (QED) is 0.604. The lowest BCUT2D eigenvalue weighted by atomic mass is 10.2. The third kappa shape index (κ3) is 1.23. The lowest BCUT2D eigenvalue weighted by Gasteiger charge is -1.96. The molecule has 0 aliphatic heterocycles. The monoisotopic (exact) mass is 222 g/mol. The molecule has 1 aromatic heterocycles. The molecule has 0 spiro atoms. The third-order valence-corrected chi connectivity index (χ3v) is 2.60. The lowest BCUT2D eigenvalue weighted by molar-refractivity contribution is -0.670. The molecule has 0 amide bonds. The number of halogens is 1. The van der Waals surface area contributed by atoms with Gasteiger partial charge in [-0.15, -0.1) is 0 Å². The van der Waals surface area contributed by atoms with Crippen molar-refractivity contribution < 1.29 is 4.57 Å². The van der Waals surface area contributed by atoms with Crippen LogP contribution in [-0.2, 0) is 7.05 Å². The molecule has 0 unspecified atom stereocenters. The molecule has 1 heterocycles. The summed E-state index contributed by atoms with van der Waals surface area (Å²) in [5, 5.41) is 2.52. The normalized spacial score (nSPS) is 10.5. The van der Waals surface area contributed by atoms with Crippen molar-refractivity contribution in [1.82, 2.24) is 0 Å². The van der Waals surface area contributed by atoms with Crippen LogP contribution in [0.2, 0.25) is 0 Å². The Balaban J connectivity index is 2.86. The summed E-state index contributed by atoms with van der Waals surface area (Å²) in [5.74, 6) is 0. The maximum Gasteiger partial charge on any atom is 0.176 e. The van der Waals surface area contributed by atoms with E-state index in [1.54, 1.807) is 0 Å². The Hall–Kier alpha value is -0.890. The first kappa shape index (κ1) is 7.74. The van der Waals surface area contributed by atoms with Crippen LogP contribution in [0, 0.1) is 0 Å². The van der Waals surface area contributed by atoms with E-state index in [1.807, 2.05) is 19.3 Å². The summed E-state index contributed by atoms with van der Waals surface area (Å²) in [5.41, 5.74) is 0. The number of fused-ring (bicyclic) bond motifs is 1. The second kappa shape index (κ2) is 2.87. The van der Waals surface area contributed by atoms with E-state index in [0.29, 0.717) is 0 Å². The molecule has 60 valence electrons. The highest BCUT2D eigenvalue weighted by Crippen LogP contribution is 2.21. The largest absolute Gasteiger partial charge is 0.207 e. The fraction of sp³-hybridized carbons (Fsp3) is 0.100. The van der Waals surface area contributed by atoms with Gasteiger partial charge in [-0.25, -0.2) is 4.57 Å². The third-order valence-electron chi connectivity index (χ3n) is 1.91. The minimum absolute atomic E-state index is 1.15. The molecular formula is C10H9BrN+. The predicted octanol–water partition coefficient (Wildman–Crippen LogP) is 2.43. The molecule has 0 fully saturated rings. The molecular weight excluding hydrogens is 214 g/mol. The number of nitrogens with zero attached hydrogens (tertiary/aromatic N) is 1. The number of pyridine rings is 1. The van der Waals surface area contributed by atoms with Crippen LogP contribution in [0.25, 0.3) is 10.8 Å². The molecule has 2 rings (SSSR count). The molecule has 12 heavy (non-hydrogen) atoms. The Morgan fingerprint density at radius 1 is 1.25 bits per heavy atom. The van der Waals surface area contributed by atoms with Crippen molar-refractivity contribution in [2.45, 2.75) is 0 Å². The zero-order chi connectivity index (χ0) is 8.55. The molecule has 0 N–H and O–H groups in total. The Kier molecular flexibility index (Phi) is 1.85. The van der Waals surface area contributed by atoms with Crippen LogP contribution in [0.4, 0.5) is 0 Å². The van der Waals surface area contributed by atoms with Gasteiger partial charge in [0, 0.05) is 21.3 Å². The van der Waals surface area contributed by atoms with E-state index in [0.717, 1.165) is 4.47 Å². The average molecular weight is 223 g/mol. The number of rotatable bonds is 0. The van der Waals surface area contributed by atoms with Crippen LogP contribution in [0.1, 0.15) is 0 Å². The van der Waals surface area contributed by atoms with Crippen molar-refractivity contribution in [1.29, 1.82) is 0 Å². The van der Waals surface area contributed by atoms with Crippen molar-refractivity contribution in [3.05, 3.63) is 41.1 Å². The standard InChI is InChI=1S/C10H9BrN/c1-12-6-5-9-8(7-12)3-2-4-10(9)11/h2-7H,1H3/q+1. The van der Waals surface area contributed by atoms with Crippen LogP contribution in [-0.4, -0.2) is 0 Å². The smallest absolute Gasteiger partial charge is 0.176 e. The van der Waals surface area contributed by atoms with Crippen LogP contribution >= 0.6 is 15.9 Å². The van der Waals surface area contributed by atoms with Gasteiger partial charge in [0.2, 0.25) is 0 Å². The second-order valence-electron chi connectivity index (χ2n) is 2.85. The Labute approximate surface area is 79.8 Å². The van der Waals surface area contributed by atoms with Crippen LogP contribution in [0.5, 0.6) is 0 Å². The zero-order valence-electron chi connectivity index (χ0n) is 6.79.